The highest BCUT2D eigenvalue weighted by Crippen LogP contribution is 2.10. The molecule has 0 aliphatic heterocycles. The maximum absolute atomic E-state index is 12.6. The van der Waals surface area contributed by atoms with Crippen molar-refractivity contribution in [2.45, 2.75) is 142 Å². The van der Waals surface area contributed by atoms with Crippen molar-refractivity contribution in [3.05, 3.63) is 85.1 Å². The number of rotatable bonds is 34. The minimum absolute atomic E-state index is 0.00262. The molecule has 2 unspecified atom stereocenters. The first kappa shape index (κ1) is 49.5. The van der Waals surface area contributed by atoms with E-state index in [4.69, 9.17) is 14.2 Å². The molecule has 0 aliphatic carbocycles. The lowest BCUT2D eigenvalue weighted by molar-refractivity contribution is -0.889. The fraction of sp³-hybridized carbons (Fsp3) is 0.622. The van der Waals surface area contributed by atoms with E-state index in [0.717, 1.165) is 57.8 Å². The topological polar surface area (TPSA) is 102 Å². The van der Waals surface area contributed by atoms with Crippen LogP contribution in [0.25, 0.3) is 0 Å². The number of unbranched alkanes of at least 4 members (excludes halogenated alkanes) is 6. The molecule has 8 heteroatoms. The summed E-state index contributed by atoms with van der Waals surface area (Å²) in [6.45, 7) is 4.38. The van der Waals surface area contributed by atoms with Gasteiger partial charge in [-0.15, -0.1) is 0 Å². The van der Waals surface area contributed by atoms with Crippen molar-refractivity contribution in [1.29, 1.82) is 0 Å². The van der Waals surface area contributed by atoms with Crippen molar-refractivity contribution in [3.8, 4) is 0 Å². The van der Waals surface area contributed by atoms with Crippen LogP contribution in [0, 0.1) is 0 Å². The van der Waals surface area contributed by atoms with E-state index in [1.807, 2.05) is 0 Å². The predicted molar refractivity (Wildman–Crippen MR) is 217 cm³/mol. The number of carbonyl (C=O) groups is 3. The Bertz CT molecular complexity index is 1140. The number of likely N-dealkylation sites (N-methyl/N-ethyl adjacent to an activating group) is 1. The van der Waals surface area contributed by atoms with Crippen LogP contribution in [-0.4, -0.2) is 75.5 Å². The van der Waals surface area contributed by atoms with Crippen LogP contribution >= 0.6 is 0 Å². The zero-order chi connectivity index (χ0) is 39.3. The normalized spacial score (nSPS) is 13.9. The minimum atomic E-state index is -1.14. The van der Waals surface area contributed by atoms with Crippen LogP contribution < -0.4 is 5.11 Å². The van der Waals surface area contributed by atoms with Crippen molar-refractivity contribution in [3.63, 3.8) is 0 Å². The second-order valence-electron chi connectivity index (χ2n) is 14.1. The monoisotopic (exact) mass is 740 g/mol. The Labute approximate surface area is 323 Å². The third-order valence-electron chi connectivity index (χ3n) is 8.27. The van der Waals surface area contributed by atoms with Gasteiger partial charge in [0.25, 0.3) is 0 Å². The SMILES string of the molecule is CC/C=C/C/C=C/C/C=C/CCCCC(=O)OC(COCCC(C(=O)[O-])[N+](C)(C)C)COC(=O)CCC/C=C/C/C=C/C/C=C/C/C=C/CCCCC. The molecule has 0 saturated carbocycles. The molecule has 0 fully saturated rings. The smallest absolute Gasteiger partial charge is 0.306 e. The van der Waals surface area contributed by atoms with Crippen molar-refractivity contribution < 1.29 is 38.2 Å². The van der Waals surface area contributed by atoms with Crippen LogP contribution in [-0.2, 0) is 28.6 Å². The minimum Gasteiger partial charge on any atom is -0.544 e. The Kier molecular flexibility index (Phi) is 33.2. The van der Waals surface area contributed by atoms with E-state index in [0.29, 0.717) is 12.8 Å². The van der Waals surface area contributed by atoms with Gasteiger partial charge < -0.3 is 28.6 Å². The number of ether oxygens (including phenoxy) is 3. The fourth-order valence-corrected chi connectivity index (χ4v) is 5.13. The average molecular weight is 740 g/mol. The Morgan fingerprint density at radius 1 is 0.585 bits per heavy atom. The molecule has 0 N–H and O–H groups in total. The number of hydrogen-bond donors (Lipinski definition) is 0. The number of allylic oxidation sites excluding steroid dienone is 14. The third-order valence-corrected chi connectivity index (χ3v) is 8.27. The lowest BCUT2D eigenvalue weighted by atomic mass is 10.1. The van der Waals surface area contributed by atoms with Gasteiger partial charge >= 0.3 is 11.9 Å². The van der Waals surface area contributed by atoms with Crippen molar-refractivity contribution in [2.75, 3.05) is 41.0 Å². The highest BCUT2D eigenvalue weighted by molar-refractivity contribution is 5.70. The fourth-order valence-electron chi connectivity index (χ4n) is 5.13. The van der Waals surface area contributed by atoms with Crippen LogP contribution in [0.4, 0.5) is 0 Å². The molecule has 2 atom stereocenters. The van der Waals surface area contributed by atoms with Gasteiger partial charge in [-0.3, -0.25) is 9.59 Å². The van der Waals surface area contributed by atoms with Gasteiger partial charge in [-0.2, -0.15) is 0 Å². The number of carboxylic acid groups (broad SMARTS) is 1. The number of carbonyl (C=O) groups excluding carboxylic acids is 3. The zero-order valence-electron chi connectivity index (χ0n) is 33.9. The molecule has 0 rings (SSSR count). The summed E-state index contributed by atoms with van der Waals surface area (Å²) in [6.07, 6.45) is 44.8. The number of hydrogen-bond acceptors (Lipinski definition) is 7. The molecular formula is C45H73NO7. The molecule has 0 aromatic carbocycles. The van der Waals surface area contributed by atoms with E-state index >= 15 is 0 Å². The summed E-state index contributed by atoms with van der Waals surface area (Å²) in [5, 5.41) is 11.6. The summed E-state index contributed by atoms with van der Waals surface area (Å²) in [5.41, 5.74) is 0. The van der Waals surface area contributed by atoms with Crippen LogP contribution in [0.5, 0.6) is 0 Å². The summed E-state index contributed by atoms with van der Waals surface area (Å²) in [5.74, 6) is -1.88. The first-order valence-electron chi connectivity index (χ1n) is 20.1. The van der Waals surface area contributed by atoms with Crippen molar-refractivity contribution in [1.82, 2.24) is 0 Å². The molecule has 0 radical (unpaired) electrons. The molecule has 8 nitrogen and oxygen atoms in total. The van der Waals surface area contributed by atoms with Gasteiger partial charge in [0.1, 0.15) is 12.6 Å². The lowest BCUT2D eigenvalue weighted by Crippen LogP contribution is -2.55. The average Bonchev–Trinajstić information content (AvgIpc) is 3.11. The lowest BCUT2D eigenvalue weighted by Gasteiger charge is -2.34. The summed E-state index contributed by atoms with van der Waals surface area (Å²) in [6, 6.07) is -0.744. The molecule has 0 aliphatic rings. The van der Waals surface area contributed by atoms with Crippen molar-refractivity contribution in [2.24, 2.45) is 0 Å². The predicted octanol–water partition coefficient (Wildman–Crippen LogP) is 9.24. The molecule has 0 bridgehead atoms. The molecule has 0 spiro atoms. The van der Waals surface area contributed by atoms with E-state index in [-0.39, 0.29) is 55.5 Å². The van der Waals surface area contributed by atoms with Gasteiger partial charge in [-0.25, -0.2) is 0 Å². The molecule has 53 heavy (non-hydrogen) atoms. The Hall–Kier alpha value is -3.49. The highest BCUT2D eigenvalue weighted by Gasteiger charge is 2.25. The summed E-state index contributed by atoms with van der Waals surface area (Å²) < 4.78 is 17.0. The Morgan fingerprint density at radius 2 is 1.06 bits per heavy atom. The molecule has 0 heterocycles. The quantitative estimate of drug-likeness (QED) is 0.0281. The number of carboxylic acids is 1. The molecule has 0 saturated heterocycles. The van der Waals surface area contributed by atoms with Gasteiger partial charge in [0.05, 0.1) is 40.3 Å². The van der Waals surface area contributed by atoms with Crippen LogP contribution in [0.3, 0.4) is 0 Å². The standard InChI is InChI=1S/C45H73NO7/c1-6-8-10-12-14-16-18-20-21-22-23-24-26-27-29-31-33-35-43(47)52-40-41(39-51-38-37-42(45(49)50)46(3,4)5)53-44(48)36-34-32-30-28-25-19-17-15-13-11-9-7-2/h9,11,14-17,20-21,23-25,27-29,41-42H,6-8,10,12-13,18-19,22,26,30-40H2,1-5H3/b11-9+,16-14+,17-15+,21-20+,24-23+,28-25+,29-27+. The summed E-state index contributed by atoms with van der Waals surface area (Å²) in [4.78, 5) is 36.7. The molecular weight excluding hydrogens is 666 g/mol. The van der Waals surface area contributed by atoms with Crippen LogP contribution in [0.1, 0.15) is 129 Å². The van der Waals surface area contributed by atoms with Gasteiger partial charge in [0, 0.05) is 19.3 Å². The first-order valence-corrected chi connectivity index (χ1v) is 20.1. The number of aliphatic carboxylic acids is 1. The summed E-state index contributed by atoms with van der Waals surface area (Å²) >= 11 is 0. The first-order chi connectivity index (χ1) is 25.6. The Morgan fingerprint density at radius 3 is 1.55 bits per heavy atom. The molecule has 300 valence electrons. The van der Waals surface area contributed by atoms with E-state index in [2.05, 4.69) is 98.9 Å². The molecule has 0 aromatic rings. The van der Waals surface area contributed by atoms with E-state index in [1.54, 1.807) is 21.1 Å². The Balaban J connectivity index is 4.55. The van der Waals surface area contributed by atoms with Crippen LogP contribution in [0.15, 0.2) is 85.1 Å². The third kappa shape index (κ3) is 34.1. The molecule has 0 aromatic heterocycles. The van der Waals surface area contributed by atoms with Gasteiger partial charge in [0.2, 0.25) is 0 Å². The second kappa shape index (κ2) is 35.5. The maximum atomic E-state index is 12.6. The van der Waals surface area contributed by atoms with E-state index in [1.165, 1.54) is 25.7 Å². The number of quaternary nitrogens is 1. The largest absolute Gasteiger partial charge is 0.544 e. The maximum Gasteiger partial charge on any atom is 0.306 e. The van der Waals surface area contributed by atoms with Gasteiger partial charge in [0.15, 0.2) is 6.10 Å². The van der Waals surface area contributed by atoms with Crippen molar-refractivity contribution >= 4 is 17.9 Å². The zero-order valence-corrected chi connectivity index (χ0v) is 33.9. The van der Waals surface area contributed by atoms with Gasteiger partial charge in [-0.1, -0.05) is 112 Å². The highest BCUT2D eigenvalue weighted by atomic mass is 16.6. The van der Waals surface area contributed by atoms with E-state index < -0.39 is 18.1 Å². The summed E-state index contributed by atoms with van der Waals surface area (Å²) in [7, 11) is 5.36. The second-order valence-corrected chi connectivity index (χ2v) is 14.1. The number of nitrogens with zero attached hydrogens (tertiary/aromatic N) is 1. The van der Waals surface area contributed by atoms with Gasteiger partial charge in [-0.05, 0) is 83.5 Å². The van der Waals surface area contributed by atoms with E-state index in [9.17, 15) is 19.5 Å². The molecule has 0 amide bonds. The van der Waals surface area contributed by atoms with Crippen LogP contribution in [0.2, 0.25) is 0 Å². The number of esters is 2.